The molecule has 0 radical (unpaired) electrons. The van der Waals surface area contributed by atoms with Gasteiger partial charge in [-0.25, -0.2) is 9.67 Å². The number of nitrogens with one attached hydrogen (secondary N) is 2. The van der Waals surface area contributed by atoms with Crippen molar-refractivity contribution < 1.29 is 27.4 Å². The van der Waals surface area contributed by atoms with Crippen LogP contribution in [-0.4, -0.2) is 64.5 Å². The number of benzene rings is 2. The van der Waals surface area contributed by atoms with E-state index in [1.165, 1.54) is 44.4 Å². The molecule has 2 aromatic carbocycles. The molecule has 238 valence electrons. The van der Waals surface area contributed by atoms with Crippen molar-refractivity contribution in [1.29, 1.82) is 0 Å². The molecule has 1 amide bonds. The standard InChI is InChI=1S/C33H32F3N7O3/c1-45-31-14-11-26(19-37-31)27-18-28(33(34,35)36)43(41-27)30-13-12-29(39-40-30)38-32(44)25-6-4-5-24(17-25)23-9-7-22(8-10-23)20-46-21-42-15-2-3-16-42/h4-14,17-19,29,39H,2-3,15-16,20-21H2,1H3,(H,38,44). The predicted octanol–water partition coefficient (Wildman–Crippen LogP) is 5.29. The Morgan fingerprint density at radius 3 is 2.48 bits per heavy atom. The third-order valence-electron chi connectivity index (χ3n) is 7.65. The maximum absolute atomic E-state index is 13.9. The van der Waals surface area contributed by atoms with Crippen LogP contribution in [0.5, 0.6) is 5.88 Å². The molecule has 1 saturated heterocycles. The van der Waals surface area contributed by atoms with Gasteiger partial charge in [0, 0.05) is 36.5 Å². The number of likely N-dealkylation sites (tertiary alicyclic amines) is 1. The van der Waals surface area contributed by atoms with E-state index in [1.54, 1.807) is 24.3 Å². The molecule has 0 bridgehead atoms. The van der Waals surface area contributed by atoms with Crippen molar-refractivity contribution in [1.82, 2.24) is 30.4 Å². The Labute approximate surface area is 263 Å². The highest BCUT2D eigenvalue weighted by Crippen LogP contribution is 2.33. The van der Waals surface area contributed by atoms with Crippen LogP contribution in [0, 0.1) is 0 Å². The van der Waals surface area contributed by atoms with Crippen LogP contribution in [0.3, 0.4) is 0 Å². The van der Waals surface area contributed by atoms with Gasteiger partial charge in [-0.15, -0.1) is 0 Å². The van der Waals surface area contributed by atoms with Gasteiger partial charge >= 0.3 is 6.18 Å². The van der Waals surface area contributed by atoms with E-state index in [4.69, 9.17) is 9.47 Å². The van der Waals surface area contributed by atoms with E-state index in [0.717, 1.165) is 35.8 Å². The first kappa shape index (κ1) is 31.0. The van der Waals surface area contributed by atoms with E-state index in [9.17, 15) is 18.0 Å². The number of methoxy groups -OCH3 is 1. The van der Waals surface area contributed by atoms with E-state index in [1.807, 2.05) is 30.3 Å². The molecule has 2 aliphatic heterocycles. The minimum Gasteiger partial charge on any atom is -0.481 e. The number of hydrogen-bond donors (Lipinski definition) is 2. The summed E-state index contributed by atoms with van der Waals surface area (Å²) in [6, 6.07) is 19.2. The van der Waals surface area contributed by atoms with Gasteiger partial charge in [0.15, 0.2) is 11.5 Å². The number of ether oxygens (including phenoxy) is 2. The Morgan fingerprint density at radius 1 is 1.02 bits per heavy atom. The number of nitrogens with zero attached hydrogens (tertiary/aromatic N) is 5. The lowest BCUT2D eigenvalue weighted by Gasteiger charge is -2.20. The van der Waals surface area contributed by atoms with E-state index >= 15 is 0 Å². The predicted molar refractivity (Wildman–Crippen MR) is 166 cm³/mol. The molecule has 4 aromatic rings. The van der Waals surface area contributed by atoms with Gasteiger partial charge in [-0.2, -0.15) is 23.4 Å². The molecule has 10 nitrogen and oxygen atoms in total. The molecule has 1 fully saturated rings. The molecule has 1 unspecified atom stereocenters. The number of carbonyl (C=O) groups is 1. The first-order valence-corrected chi connectivity index (χ1v) is 14.8. The molecule has 6 rings (SSSR count). The van der Waals surface area contributed by atoms with Crippen LogP contribution in [0.15, 0.2) is 90.2 Å². The smallest absolute Gasteiger partial charge is 0.433 e. The zero-order chi connectivity index (χ0) is 32.1. The number of carbonyl (C=O) groups excluding carboxylic acids is 1. The zero-order valence-electron chi connectivity index (χ0n) is 25.0. The number of halogens is 3. The fourth-order valence-electron chi connectivity index (χ4n) is 5.21. The second-order valence-electron chi connectivity index (χ2n) is 10.9. The first-order chi connectivity index (χ1) is 22.3. The van der Waals surface area contributed by atoms with Crippen LogP contribution in [0.25, 0.3) is 22.4 Å². The lowest BCUT2D eigenvalue weighted by Crippen LogP contribution is -2.44. The summed E-state index contributed by atoms with van der Waals surface area (Å²) in [5.41, 5.74) is 5.44. The fraction of sp³-hybridized carbons (Fsp3) is 0.273. The molecule has 1 atom stereocenters. The topological polar surface area (TPSA) is 106 Å². The number of amides is 1. The fourth-order valence-corrected chi connectivity index (χ4v) is 5.21. The monoisotopic (exact) mass is 631 g/mol. The molecule has 2 aromatic heterocycles. The Balaban J connectivity index is 1.08. The molecule has 13 heteroatoms. The summed E-state index contributed by atoms with van der Waals surface area (Å²) in [5, 5.41) is 11.0. The maximum Gasteiger partial charge on any atom is 0.433 e. The van der Waals surface area contributed by atoms with Crippen molar-refractivity contribution >= 4 is 11.7 Å². The van der Waals surface area contributed by atoms with Crippen LogP contribution >= 0.6 is 0 Å². The van der Waals surface area contributed by atoms with Gasteiger partial charge in [0.1, 0.15) is 6.17 Å². The number of pyridine rings is 1. The van der Waals surface area contributed by atoms with E-state index in [-0.39, 0.29) is 17.4 Å². The third-order valence-corrected chi connectivity index (χ3v) is 7.65. The molecule has 2 aliphatic rings. The largest absolute Gasteiger partial charge is 0.481 e. The number of hydrazone groups is 1. The highest BCUT2D eigenvalue weighted by Gasteiger charge is 2.37. The van der Waals surface area contributed by atoms with Gasteiger partial charge in [-0.3, -0.25) is 15.1 Å². The summed E-state index contributed by atoms with van der Waals surface area (Å²) in [4.78, 5) is 19.4. The third kappa shape index (κ3) is 7.27. The summed E-state index contributed by atoms with van der Waals surface area (Å²) >= 11 is 0. The summed E-state index contributed by atoms with van der Waals surface area (Å²) in [5.74, 6) is -0.151. The van der Waals surface area contributed by atoms with Crippen LogP contribution in [0.2, 0.25) is 0 Å². The lowest BCUT2D eigenvalue weighted by atomic mass is 10.0. The van der Waals surface area contributed by atoms with Gasteiger partial charge in [0.05, 0.1) is 26.1 Å². The van der Waals surface area contributed by atoms with Gasteiger partial charge < -0.3 is 14.8 Å². The maximum atomic E-state index is 13.9. The van der Waals surface area contributed by atoms with Crippen LogP contribution < -0.4 is 15.5 Å². The van der Waals surface area contributed by atoms with Crippen molar-refractivity contribution in [3.63, 3.8) is 0 Å². The van der Waals surface area contributed by atoms with Crippen LogP contribution in [0.1, 0.15) is 34.5 Å². The number of hydrogen-bond acceptors (Lipinski definition) is 8. The van der Waals surface area contributed by atoms with Crippen molar-refractivity contribution in [2.45, 2.75) is 31.8 Å². The summed E-state index contributed by atoms with van der Waals surface area (Å²) in [6.45, 7) is 3.34. The Bertz CT molecular complexity index is 1730. The minimum absolute atomic E-state index is 0.0642. The second-order valence-corrected chi connectivity index (χ2v) is 10.9. The second kappa shape index (κ2) is 13.5. The van der Waals surface area contributed by atoms with Crippen molar-refractivity contribution in [3.8, 4) is 28.3 Å². The highest BCUT2D eigenvalue weighted by molar-refractivity contribution is 5.97. The molecule has 46 heavy (non-hydrogen) atoms. The molecular formula is C33H32F3N7O3. The van der Waals surface area contributed by atoms with Gasteiger partial charge in [-0.05, 0) is 65.9 Å². The van der Waals surface area contributed by atoms with Gasteiger partial charge in [-0.1, -0.05) is 36.4 Å². The Kier molecular flexibility index (Phi) is 9.13. The summed E-state index contributed by atoms with van der Waals surface area (Å²) in [7, 11) is 1.44. The number of alkyl halides is 3. The molecular weight excluding hydrogens is 599 g/mol. The van der Waals surface area contributed by atoms with Crippen molar-refractivity contribution in [2.75, 3.05) is 26.9 Å². The SMILES string of the molecule is COc1ccc(-c2cc(C(F)(F)F)n(C3=NNC(NC(=O)c4cccc(-c5ccc(COCN6CCCC6)cc5)c4)C=C3)n2)cn1. The number of rotatable bonds is 9. The minimum atomic E-state index is -4.70. The lowest BCUT2D eigenvalue weighted by molar-refractivity contribution is -0.142. The molecule has 4 heterocycles. The highest BCUT2D eigenvalue weighted by atomic mass is 19.4. The van der Waals surface area contributed by atoms with Gasteiger partial charge in [0.2, 0.25) is 5.88 Å². The van der Waals surface area contributed by atoms with Crippen molar-refractivity contribution in [2.24, 2.45) is 5.10 Å². The average Bonchev–Trinajstić information content (AvgIpc) is 3.77. The average molecular weight is 632 g/mol. The Hall–Kier alpha value is -5.01. The summed E-state index contributed by atoms with van der Waals surface area (Å²) < 4.78 is 53.3. The quantitative estimate of drug-likeness (QED) is 0.259. The molecule has 2 N–H and O–H groups in total. The van der Waals surface area contributed by atoms with Gasteiger partial charge in [0.25, 0.3) is 5.91 Å². The molecule has 0 aliphatic carbocycles. The van der Waals surface area contributed by atoms with E-state index in [0.29, 0.717) is 35.0 Å². The van der Waals surface area contributed by atoms with Crippen LogP contribution in [0.4, 0.5) is 13.2 Å². The first-order valence-electron chi connectivity index (χ1n) is 14.8. The van der Waals surface area contributed by atoms with E-state index in [2.05, 4.69) is 30.8 Å². The van der Waals surface area contributed by atoms with Crippen molar-refractivity contribution in [3.05, 3.63) is 102 Å². The normalized spacial score (nSPS) is 16.6. The number of allylic oxidation sites excluding steroid dienone is 1. The molecule has 0 saturated carbocycles. The van der Waals surface area contributed by atoms with E-state index < -0.39 is 18.0 Å². The Morgan fingerprint density at radius 2 is 1.80 bits per heavy atom. The van der Waals surface area contributed by atoms with Crippen LogP contribution in [-0.2, 0) is 17.5 Å². The zero-order valence-corrected chi connectivity index (χ0v) is 25.0. The molecule has 0 spiro atoms. The number of aromatic nitrogens is 3. The summed E-state index contributed by atoms with van der Waals surface area (Å²) in [6.07, 6.45) is 1.25.